The first-order chi connectivity index (χ1) is 38.9. The predicted octanol–water partition coefficient (Wildman–Crippen LogP) is 8.90. The van der Waals surface area contributed by atoms with Crippen molar-refractivity contribution in [3.05, 3.63) is 124 Å². The molecule has 3 aliphatic heterocycles. The van der Waals surface area contributed by atoms with Crippen LogP contribution in [0.4, 0.5) is 26.0 Å². The van der Waals surface area contributed by atoms with E-state index in [1.165, 1.54) is 17.0 Å². The molecule has 9 rings (SSSR count). The van der Waals surface area contributed by atoms with Gasteiger partial charge in [-0.3, -0.25) is 29.1 Å². The second kappa shape index (κ2) is 26.5. The lowest BCUT2D eigenvalue weighted by Crippen LogP contribution is -2.57. The highest BCUT2D eigenvalue weighted by molar-refractivity contribution is 7.13. The van der Waals surface area contributed by atoms with E-state index in [0.29, 0.717) is 92.2 Å². The van der Waals surface area contributed by atoms with Crippen LogP contribution in [-0.2, 0) is 36.9 Å². The third kappa shape index (κ3) is 15.2. The molecule has 0 radical (unpaired) electrons. The van der Waals surface area contributed by atoms with E-state index in [-0.39, 0.29) is 55.6 Å². The molecule has 0 spiro atoms. The van der Waals surface area contributed by atoms with Crippen LogP contribution < -0.4 is 26.2 Å². The number of thiazole rings is 1. The van der Waals surface area contributed by atoms with E-state index in [4.69, 9.17) is 4.74 Å². The molecule has 6 aromatic rings. The van der Waals surface area contributed by atoms with E-state index in [9.17, 15) is 37.9 Å². The highest BCUT2D eigenvalue weighted by Crippen LogP contribution is 2.32. The minimum absolute atomic E-state index is 0.00110. The van der Waals surface area contributed by atoms with Crippen molar-refractivity contribution >= 4 is 69.0 Å². The smallest absolute Gasteiger partial charge is 0.258 e. The van der Waals surface area contributed by atoms with E-state index in [1.807, 2.05) is 98.8 Å². The number of unbranched alkanes of at least 4 members (excludes halogenated alkanes) is 4. The van der Waals surface area contributed by atoms with Crippen LogP contribution in [0.3, 0.4) is 0 Å². The number of fused-ring (bicyclic) bond motifs is 1. The molecular weight excluding hydrogens is 1050 g/mol. The summed E-state index contributed by atoms with van der Waals surface area (Å²) in [5, 5.41) is 31.2. The number of benzene rings is 4. The van der Waals surface area contributed by atoms with Gasteiger partial charge in [0.1, 0.15) is 23.7 Å². The second-order valence-electron chi connectivity index (χ2n) is 22.7. The Labute approximate surface area is 475 Å². The number of ether oxygens (including phenoxy) is 1. The number of aryl methyl sites for hydroxylation is 1. The maximum atomic E-state index is 14.1. The zero-order valence-corrected chi connectivity index (χ0v) is 47.4. The van der Waals surface area contributed by atoms with Gasteiger partial charge in [-0.25, -0.2) is 13.8 Å². The van der Waals surface area contributed by atoms with Gasteiger partial charge in [0, 0.05) is 101 Å². The molecule has 0 aliphatic carbocycles. The largest absolute Gasteiger partial charge is 0.391 e. The van der Waals surface area contributed by atoms with E-state index in [0.717, 1.165) is 77.5 Å². The summed E-state index contributed by atoms with van der Waals surface area (Å²) in [6, 6.07) is 20.9. The van der Waals surface area contributed by atoms with E-state index in [2.05, 4.69) is 41.3 Å². The molecule has 0 saturated carbocycles. The normalized spacial score (nSPS) is 17.3. The van der Waals surface area contributed by atoms with Crippen LogP contribution in [0.25, 0.3) is 21.3 Å². The van der Waals surface area contributed by atoms with Gasteiger partial charge in [0.2, 0.25) is 23.6 Å². The Morgan fingerprint density at radius 3 is 2.25 bits per heavy atom. The number of rotatable bonds is 21. The van der Waals surface area contributed by atoms with Crippen LogP contribution in [0.5, 0.6) is 0 Å². The molecule has 1 unspecified atom stereocenters. The lowest BCUT2D eigenvalue weighted by atomic mass is 9.85. The molecule has 4 aromatic carbocycles. The third-order valence-electron chi connectivity index (χ3n) is 15.5. The second-order valence-corrected chi connectivity index (χ2v) is 23.6. The quantitative estimate of drug-likeness (QED) is 0.0375. The van der Waals surface area contributed by atoms with Gasteiger partial charge in [-0.15, -0.1) is 11.3 Å². The van der Waals surface area contributed by atoms with E-state index < -0.39 is 41.1 Å². The number of hydrogen-bond acceptors (Lipinski definition) is 12. The SMILES string of the molecule is Cc1ncsc1-c1ccc(CNC(=O)[C@@H]2C[C@@H](O)CN2C(=O)C(NC(=O)CCCCCCCC(=O)N2CCN(c3ccc(C(=O)Nc4n[nH]c5ccc(Cc6cc(F)cc(F)c6)cc45)c(NC4CCOCC4)c3)CC2)C(C)(C)C)cc1. The number of aromatic amines is 1. The number of H-pyrrole nitrogens is 1. The molecule has 5 heterocycles. The van der Waals surface area contributed by atoms with Gasteiger partial charge in [-0.05, 0) is 109 Å². The van der Waals surface area contributed by atoms with Crippen molar-refractivity contribution < 1.29 is 42.6 Å². The molecule has 0 bridgehead atoms. The van der Waals surface area contributed by atoms with Gasteiger partial charge >= 0.3 is 0 Å². The number of carbonyl (C=O) groups is 5. The van der Waals surface area contributed by atoms with Crippen LogP contribution >= 0.6 is 11.3 Å². The number of amides is 5. The summed E-state index contributed by atoms with van der Waals surface area (Å²) in [5.74, 6) is -2.20. The fraction of sp³-hybridized carbons (Fsp3) is 0.459. The van der Waals surface area contributed by atoms with Crippen LogP contribution in [0.2, 0.25) is 0 Å². The molecule has 5 amide bonds. The van der Waals surface area contributed by atoms with Crippen LogP contribution in [0.1, 0.15) is 118 Å². The zero-order chi connectivity index (χ0) is 57.2. The van der Waals surface area contributed by atoms with Gasteiger partial charge in [-0.1, -0.05) is 70.4 Å². The number of piperazine rings is 1. The summed E-state index contributed by atoms with van der Waals surface area (Å²) < 4.78 is 33.5. The zero-order valence-electron chi connectivity index (χ0n) is 46.6. The molecule has 17 nitrogen and oxygen atoms in total. The Balaban J connectivity index is 0.704. The maximum Gasteiger partial charge on any atom is 0.258 e. The summed E-state index contributed by atoms with van der Waals surface area (Å²) in [7, 11) is 0. The van der Waals surface area contributed by atoms with Crippen molar-refractivity contribution in [3.63, 3.8) is 0 Å². The Hall–Kier alpha value is -7.29. The molecule has 2 aromatic heterocycles. The van der Waals surface area contributed by atoms with Gasteiger partial charge in [0.15, 0.2) is 5.82 Å². The number of likely N-dealkylation sites (tertiary alicyclic amines) is 1. The lowest BCUT2D eigenvalue weighted by molar-refractivity contribution is -0.144. The van der Waals surface area contributed by atoms with Crippen molar-refractivity contribution in [1.29, 1.82) is 0 Å². The highest BCUT2D eigenvalue weighted by Gasteiger charge is 2.44. The van der Waals surface area contributed by atoms with E-state index in [1.54, 1.807) is 11.3 Å². The molecule has 430 valence electrons. The Bertz CT molecular complexity index is 3160. The fourth-order valence-corrected chi connectivity index (χ4v) is 11.8. The summed E-state index contributed by atoms with van der Waals surface area (Å²) in [4.78, 5) is 79.4. The summed E-state index contributed by atoms with van der Waals surface area (Å²) in [5.41, 5.74) is 8.10. The van der Waals surface area contributed by atoms with Crippen molar-refractivity contribution in [1.82, 2.24) is 35.6 Å². The van der Waals surface area contributed by atoms with Gasteiger partial charge < -0.3 is 45.8 Å². The molecule has 3 fully saturated rings. The Morgan fingerprint density at radius 1 is 0.840 bits per heavy atom. The number of nitrogens with zero attached hydrogens (tertiary/aromatic N) is 5. The summed E-state index contributed by atoms with van der Waals surface area (Å²) >= 11 is 1.57. The van der Waals surface area contributed by atoms with Gasteiger partial charge in [0.25, 0.3) is 5.91 Å². The molecule has 6 N–H and O–H groups in total. The highest BCUT2D eigenvalue weighted by atomic mass is 32.1. The summed E-state index contributed by atoms with van der Waals surface area (Å²) in [6.45, 7) is 11.5. The number of anilines is 3. The molecule has 20 heteroatoms. The minimum Gasteiger partial charge on any atom is -0.391 e. The predicted molar refractivity (Wildman–Crippen MR) is 310 cm³/mol. The number of aromatic nitrogens is 3. The average molecular weight is 1130 g/mol. The van der Waals surface area contributed by atoms with Crippen LogP contribution in [0.15, 0.2) is 84.4 Å². The first kappa shape index (κ1) is 58.4. The van der Waals surface area contributed by atoms with Crippen molar-refractivity contribution in [2.75, 3.05) is 61.5 Å². The topological polar surface area (TPSA) is 214 Å². The van der Waals surface area contributed by atoms with Crippen molar-refractivity contribution in [2.24, 2.45) is 5.41 Å². The monoisotopic (exact) mass is 1130 g/mol. The first-order valence-electron chi connectivity index (χ1n) is 28.2. The fourth-order valence-electron chi connectivity index (χ4n) is 11.0. The Kier molecular flexibility index (Phi) is 19.1. The maximum absolute atomic E-state index is 14.1. The van der Waals surface area contributed by atoms with Crippen LogP contribution in [0, 0.1) is 24.0 Å². The van der Waals surface area contributed by atoms with E-state index >= 15 is 0 Å². The van der Waals surface area contributed by atoms with Gasteiger partial charge in [-0.2, -0.15) is 5.10 Å². The lowest BCUT2D eigenvalue weighted by Gasteiger charge is -2.36. The molecule has 81 heavy (non-hydrogen) atoms. The number of aliphatic hydroxyl groups excluding tert-OH is 1. The first-order valence-corrected chi connectivity index (χ1v) is 29.1. The third-order valence-corrected chi connectivity index (χ3v) is 16.5. The molecular formula is C61H74F2N10O7S. The average Bonchev–Trinajstić information content (AvgIpc) is 4.19. The molecule has 3 aliphatic rings. The number of aliphatic hydroxyl groups is 1. The minimum atomic E-state index is -0.901. The number of β-amino-alcohol motifs (C(OH)–C–C–N with tert-alkyl or cyclic N) is 1. The Morgan fingerprint density at radius 2 is 1.54 bits per heavy atom. The van der Waals surface area contributed by atoms with Crippen molar-refractivity contribution in [3.8, 4) is 10.4 Å². The number of halogens is 2. The number of nitrogens with one attached hydrogen (secondary N) is 5. The van der Waals surface area contributed by atoms with Crippen LogP contribution in [-0.4, -0.2) is 130 Å². The standard InChI is InChI=1S/C61H74F2N10O7S/c1-38-55(81-37-65-38)42-15-12-39(13-16-42)35-64-59(78)52-34-47(74)36-73(52)60(79)56(61(2,3)4)67-53(75)10-8-6-5-7-9-11-54(76)72-24-22-71(23-25-72)46-17-18-48(51(33-46)66-45-20-26-80-27-21-45)58(77)68-57-49-31-40(14-19-50(49)69-70-57)28-41-29-43(62)32-44(63)30-41/h12-19,29-33,37,45,47,52,56,66,74H,5-11,20-28,34-36H2,1-4H3,(H,64,78)(H,67,75)(H2,68,69,70,77)/t47-,52+,56?/m1/s1. The van der Waals surface area contributed by atoms with Gasteiger partial charge in [0.05, 0.1) is 33.3 Å². The number of hydrogen-bond donors (Lipinski definition) is 6. The number of carbonyl (C=O) groups excluding carboxylic acids is 5. The van der Waals surface area contributed by atoms with Crippen molar-refractivity contribution in [2.45, 2.75) is 129 Å². The molecule has 3 saturated heterocycles. The molecule has 3 atom stereocenters. The summed E-state index contributed by atoms with van der Waals surface area (Å²) in [6.07, 6.45) is 5.62.